The lowest BCUT2D eigenvalue weighted by molar-refractivity contribution is -0.0172. The van der Waals surface area contributed by atoms with E-state index in [0.717, 1.165) is 59.2 Å². The van der Waals surface area contributed by atoms with Crippen molar-refractivity contribution in [2.75, 3.05) is 0 Å². The molecule has 0 amide bonds. The van der Waals surface area contributed by atoms with Crippen molar-refractivity contribution in [1.29, 1.82) is 0 Å². The maximum absolute atomic E-state index is 2.53. The van der Waals surface area contributed by atoms with Gasteiger partial charge in [0.2, 0.25) is 0 Å². The second-order valence-corrected chi connectivity index (χ2v) is 22.3. The van der Waals surface area contributed by atoms with Crippen molar-refractivity contribution in [3.8, 4) is 0 Å². The van der Waals surface area contributed by atoms with Gasteiger partial charge >= 0.3 is 0 Å². The van der Waals surface area contributed by atoms with Crippen LogP contribution in [0.2, 0.25) is 0 Å². The van der Waals surface area contributed by atoms with E-state index in [-0.39, 0.29) is 0 Å². The first-order valence-corrected chi connectivity index (χ1v) is 33.7. The van der Waals surface area contributed by atoms with Crippen LogP contribution in [0.5, 0.6) is 0 Å². The van der Waals surface area contributed by atoms with Crippen LogP contribution in [-0.4, -0.2) is 0 Å². The van der Waals surface area contributed by atoms with E-state index in [0.29, 0.717) is 0 Å². The Bertz CT molecular complexity index is 904. The Morgan fingerprint density at radius 3 is 0.647 bits per heavy atom. The normalized spacial score (nSPS) is 37.3. The Labute approximate surface area is 435 Å². The fourth-order valence-corrected chi connectivity index (χ4v) is 17.3. The molecule has 0 spiro atoms. The second kappa shape index (κ2) is 44.5. The van der Waals surface area contributed by atoms with E-state index in [9.17, 15) is 0 Å². The molecule has 0 saturated heterocycles. The van der Waals surface area contributed by atoms with E-state index < -0.39 is 0 Å². The molecular formula is C68H138. The largest absolute Gasteiger partial charge is 0.0683 e. The highest BCUT2D eigenvalue weighted by Crippen LogP contribution is 2.55. The third-order valence-corrected chi connectivity index (χ3v) is 19.8. The van der Waals surface area contributed by atoms with Crippen LogP contribution in [0.15, 0.2) is 0 Å². The highest BCUT2D eigenvalue weighted by molar-refractivity contribution is 4.95. The lowest BCUT2D eigenvalue weighted by atomic mass is 9.54. The summed E-state index contributed by atoms with van der Waals surface area (Å²) in [6.45, 7) is 34.5. The molecule has 0 nitrogen and oxygen atoms in total. The van der Waals surface area contributed by atoms with Crippen molar-refractivity contribution < 1.29 is 0 Å². The minimum Gasteiger partial charge on any atom is -0.0683 e. The van der Waals surface area contributed by atoms with Crippen LogP contribution in [0, 0.1) is 88.8 Å². The number of hydrogen-bond donors (Lipinski definition) is 0. The molecule has 11 saturated carbocycles. The zero-order valence-corrected chi connectivity index (χ0v) is 51.1. The van der Waals surface area contributed by atoms with Gasteiger partial charge in [0.25, 0.3) is 0 Å². The van der Waals surface area contributed by atoms with Gasteiger partial charge in [-0.25, -0.2) is 0 Å². The van der Waals surface area contributed by atoms with Crippen molar-refractivity contribution >= 4 is 0 Å². The molecule has 0 aliphatic heterocycles. The SMILES string of the molecule is C1CCC2C(C1)CCC1CCCCC12.C1CCC2C(C1)CCC1CCCCC12.C1CCC2CCCCC2C1.CC.CC.CC.CC.CC.CC.CC.CC.CC1CCC2CCCC3CCCC1C32. The first kappa shape index (κ1) is 68.0. The zero-order chi connectivity index (χ0) is 51.1. The Hall–Kier alpha value is 0. The monoisotopic (exact) mass is 955 g/mol. The molecule has 11 rings (SSSR count). The topological polar surface area (TPSA) is 0 Å². The molecular weight excluding hydrogens is 817 g/mol. The Kier molecular flexibility index (Phi) is 44.5. The molecule has 68 heavy (non-hydrogen) atoms. The molecule has 13 atom stereocenters. The lowest BCUT2D eigenvalue weighted by Gasteiger charge is -2.52. The molecule has 410 valence electrons. The summed E-state index contributed by atoms with van der Waals surface area (Å²) >= 11 is 0. The van der Waals surface area contributed by atoms with E-state index in [2.05, 4.69) is 6.92 Å². The van der Waals surface area contributed by atoms with Crippen LogP contribution >= 0.6 is 0 Å². The molecule has 11 aliphatic carbocycles. The summed E-state index contributed by atoms with van der Waals surface area (Å²) in [6, 6.07) is 0. The van der Waals surface area contributed by atoms with E-state index in [1.54, 1.807) is 205 Å². The van der Waals surface area contributed by atoms with Gasteiger partial charge in [-0.2, -0.15) is 0 Å². The molecule has 0 aromatic heterocycles. The van der Waals surface area contributed by atoms with Gasteiger partial charge in [-0.1, -0.05) is 285 Å². The molecule has 11 aliphatic rings. The van der Waals surface area contributed by atoms with E-state index in [1.165, 1.54) is 55.3 Å². The predicted molar refractivity (Wildman–Crippen MR) is 315 cm³/mol. The van der Waals surface area contributed by atoms with Gasteiger partial charge in [0, 0.05) is 0 Å². The molecule has 0 N–H and O–H groups in total. The Morgan fingerprint density at radius 1 is 0.162 bits per heavy atom. The summed E-state index contributed by atoms with van der Waals surface area (Å²) in [6.07, 6.45) is 56.2. The van der Waals surface area contributed by atoms with Gasteiger partial charge in [0.1, 0.15) is 0 Å². The Balaban J connectivity index is 0.000000804. The van der Waals surface area contributed by atoms with Gasteiger partial charge in [-0.3, -0.25) is 0 Å². The van der Waals surface area contributed by atoms with Gasteiger partial charge < -0.3 is 0 Å². The van der Waals surface area contributed by atoms with Crippen LogP contribution in [-0.2, 0) is 0 Å². The van der Waals surface area contributed by atoms with Gasteiger partial charge in [0.15, 0.2) is 0 Å². The molecule has 0 aromatic rings. The second-order valence-electron chi connectivity index (χ2n) is 22.3. The van der Waals surface area contributed by atoms with Crippen LogP contribution in [0.4, 0.5) is 0 Å². The minimum atomic E-state index is 1.05. The molecule has 13 unspecified atom stereocenters. The first-order chi connectivity index (χ1) is 33.7. The van der Waals surface area contributed by atoms with E-state index in [1.807, 2.05) is 111 Å². The first-order valence-electron chi connectivity index (χ1n) is 33.7. The molecule has 0 radical (unpaired) electrons. The molecule has 0 heteroatoms. The van der Waals surface area contributed by atoms with Crippen molar-refractivity contribution in [2.24, 2.45) is 88.8 Å². The summed E-state index contributed by atoms with van der Waals surface area (Å²) in [7, 11) is 0. The maximum Gasteiger partial charge on any atom is -0.0326 e. The van der Waals surface area contributed by atoms with Crippen molar-refractivity contribution in [2.45, 2.75) is 349 Å². The number of hydrogen-bond acceptors (Lipinski definition) is 0. The highest BCUT2D eigenvalue weighted by Gasteiger charge is 2.45. The zero-order valence-electron chi connectivity index (χ0n) is 51.1. The minimum absolute atomic E-state index is 1.05. The summed E-state index contributed by atoms with van der Waals surface area (Å²) < 4.78 is 0. The standard InChI is InChI=1S/3C14H24.C10H18.8C2H6/c1-10-8-9-12-5-2-4-11-6-3-7-13(10)14(11)12;2*1-3-7-13-11(5-1)9-10-12-6-2-4-8-14(12)13;1-2-6-10-8-4-3-7-9(10)5-1;8*1-2/h10-14H,2-9H2,1H3;2*11-14H,1-10H2;9-10H,1-8H2;8*1-2H3. The average Bonchev–Trinajstić information content (AvgIpc) is 3.47. The third kappa shape index (κ3) is 21.8. The Morgan fingerprint density at radius 2 is 0.353 bits per heavy atom. The molecule has 11 fully saturated rings. The smallest absolute Gasteiger partial charge is 0.0326 e. The molecule has 0 heterocycles. The number of fused-ring (bicyclic) bond motifs is 7. The fraction of sp³-hybridized carbons (Fsp3) is 1.00. The third-order valence-electron chi connectivity index (χ3n) is 19.8. The van der Waals surface area contributed by atoms with Crippen molar-refractivity contribution in [3.63, 3.8) is 0 Å². The van der Waals surface area contributed by atoms with Gasteiger partial charge in [-0.15, -0.1) is 0 Å². The summed E-state index contributed by atoms with van der Waals surface area (Å²) in [4.78, 5) is 0. The van der Waals surface area contributed by atoms with Crippen LogP contribution in [0.3, 0.4) is 0 Å². The summed E-state index contributed by atoms with van der Waals surface area (Å²) in [5.41, 5.74) is 0. The van der Waals surface area contributed by atoms with Crippen LogP contribution < -0.4 is 0 Å². The van der Waals surface area contributed by atoms with Gasteiger partial charge in [-0.05, 0) is 153 Å². The highest BCUT2D eigenvalue weighted by atomic mass is 14.5. The summed E-state index contributed by atoms with van der Waals surface area (Å²) in [5.74, 6) is 17.3. The van der Waals surface area contributed by atoms with E-state index in [4.69, 9.17) is 0 Å². The van der Waals surface area contributed by atoms with Crippen molar-refractivity contribution in [1.82, 2.24) is 0 Å². The predicted octanol–water partition coefficient (Wildman–Crippen LogP) is 24.6. The van der Waals surface area contributed by atoms with Crippen molar-refractivity contribution in [3.05, 3.63) is 0 Å². The summed E-state index contributed by atoms with van der Waals surface area (Å²) in [5, 5.41) is 0. The fourth-order valence-electron chi connectivity index (χ4n) is 17.3. The average molecular weight is 956 g/mol. The lowest BCUT2D eigenvalue weighted by Crippen LogP contribution is -2.43. The van der Waals surface area contributed by atoms with E-state index >= 15 is 0 Å². The van der Waals surface area contributed by atoms with Crippen LogP contribution in [0.25, 0.3) is 0 Å². The van der Waals surface area contributed by atoms with Crippen LogP contribution in [0.1, 0.15) is 349 Å². The van der Waals surface area contributed by atoms with Gasteiger partial charge in [0.05, 0.1) is 0 Å². The number of rotatable bonds is 0. The quantitative estimate of drug-likeness (QED) is 0.227. The molecule has 0 aromatic carbocycles. The maximum atomic E-state index is 2.53. The molecule has 0 bridgehead atoms.